The molecule has 4 rings (SSSR count). The van der Waals surface area contributed by atoms with Crippen LogP contribution in [0.5, 0.6) is 0 Å². The molecule has 0 aliphatic carbocycles. The summed E-state index contributed by atoms with van der Waals surface area (Å²) in [5, 5.41) is 6.57. The molecule has 27 heavy (non-hydrogen) atoms. The van der Waals surface area contributed by atoms with Crippen LogP contribution < -0.4 is 10.6 Å². The highest BCUT2D eigenvalue weighted by atomic mass is 32.1. The molecule has 2 N–H and O–H groups in total. The first-order valence-corrected chi connectivity index (χ1v) is 10.2. The van der Waals surface area contributed by atoms with Crippen LogP contribution in [0.3, 0.4) is 0 Å². The zero-order valence-corrected chi connectivity index (χ0v) is 15.9. The number of piperidine rings is 1. The summed E-state index contributed by atoms with van der Waals surface area (Å²) < 4.78 is 1.20. The molecule has 1 saturated heterocycles. The number of likely N-dealkylation sites (tertiary alicyclic amines) is 1. The second-order valence-corrected chi connectivity index (χ2v) is 7.66. The Labute approximate surface area is 162 Å². The van der Waals surface area contributed by atoms with Crippen molar-refractivity contribution in [3.8, 4) is 0 Å². The van der Waals surface area contributed by atoms with Crippen LogP contribution in [0, 0.1) is 0 Å². The highest BCUT2D eigenvalue weighted by Gasteiger charge is 2.22. The normalized spacial score (nSPS) is 15.0. The number of nitrogens with one attached hydrogen (secondary N) is 2. The Balaban J connectivity index is 1.20. The van der Waals surface area contributed by atoms with Gasteiger partial charge in [-0.1, -0.05) is 6.07 Å². The maximum absolute atomic E-state index is 12.4. The monoisotopic (exact) mass is 381 g/mol. The number of benzene rings is 1. The van der Waals surface area contributed by atoms with Crippen LogP contribution in [-0.4, -0.2) is 46.6 Å². The van der Waals surface area contributed by atoms with Gasteiger partial charge in [0.05, 0.1) is 15.7 Å². The Morgan fingerprint density at radius 3 is 2.81 bits per heavy atom. The van der Waals surface area contributed by atoms with Crippen LogP contribution in [-0.2, 0) is 6.42 Å². The average Bonchev–Trinajstić information content (AvgIpc) is 3.17. The second-order valence-electron chi connectivity index (χ2n) is 6.78. The third kappa shape index (κ3) is 4.54. The summed E-state index contributed by atoms with van der Waals surface area (Å²) >= 11 is 1.65. The van der Waals surface area contributed by atoms with Gasteiger partial charge in [0.25, 0.3) is 0 Å². The smallest absolute Gasteiger partial charge is 0.317 e. The number of pyridine rings is 1. The molecule has 7 heteroatoms. The Hall–Kier alpha value is -2.67. The van der Waals surface area contributed by atoms with Gasteiger partial charge < -0.3 is 15.5 Å². The van der Waals surface area contributed by atoms with Gasteiger partial charge in [-0.2, -0.15) is 0 Å². The number of thiazole rings is 1. The summed E-state index contributed by atoms with van der Waals surface area (Å²) in [6.07, 6.45) is 6.32. The van der Waals surface area contributed by atoms with Crippen molar-refractivity contribution in [2.75, 3.05) is 25.0 Å². The minimum Gasteiger partial charge on any atom is -0.382 e. The lowest BCUT2D eigenvalue weighted by Crippen LogP contribution is -2.47. The summed E-state index contributed by atoms with van der Waals surface area (Å²) in [4.78, 5) is 22.6. The molecule has 3 heterocycles. The molecule has 0 spiro atoms. The van der Waals surface area contributed by atoms with E-state index in [1.54, 1.807) is 23.7 Å². The van der Waals surface area contributed by atoms with E-state index in [2.05, 4.69) is 32.7 Å². The van der Waals surface area contributed by atoms with Crippen molar-refractivity contribution in [1.82, 2.24) is 20.2 Å². The summed E-state index contributed by atoms with van der Waals surface area (Å²) in [5.74, 6) is 0. The minimum absolute atomic E-state index is 0.0382. The molecule has 0 atom stereocenters. The molecule has 1 fully saturated rings. The van der Waals surface area contributed by atoms with Crippen molar-refractivity contribution in [3.63, 3.8) is 0 Å². The predicted octanol–water partition coefficient (Wildman–Crippen LogP) is 3.52. The van der Waals surface area contributed by atoms with E-state index in [0.717, 1.165) is 43.6 Å². The third-order valence-corrected chi connectivity index (χ3v) is 5.71. The molecule has 6 nitrogen and oxygen atoms in total. The van der Waals surface area contributed by atoms with Crippen LogP contribution in [0.15, 0.2) is 48.2 Å². The van der Waals surface area contributed by atoms with Gasteiger partial charge in [-0.25, -0.2) is 9.78 Å². The molecular formula is C20H23N5OS. The average molecular weight is 382 g/mol. The summed E-state index contributed by atoms with van der Waals surface area (Å²) in [7, 11) is 0. The number of hydrogen-bond acceptors (Lipinski definition) is 5. The number of anilines is 1. The van der Waals surface area contributed by atoms with Gasteiger partial charge in [0.2, 0.25) is 0 Å². The van der Waals surface area contributed by atoms with Crippen LogP contribution >= 0.6 is 11.3 Å². The van der Waals surface area contributed by atoms with Crippen molar-refractivity contribution in [1.29, 1.82) is 0 Å². The van der Waals surface area contributed by atoms with Crippen LogP contribution in [0.2, 0.25) is 0 Å². The maximum Gasteiger partial charge on any atom is 0.317 e. The number of fused-ring (bicyclic) bond motifs is 1. The largest absolute Gasteiger partial charge is 0.382 e. The molecular weight excluding hydrogens is 358 g/mol. The first kappa shape index (κ1) is 17.7. The van der Waals surface area contributed by atoms with Gasteiger partial charge in [-0.05, 0) is 49.1 Å². The number of urea groups is 1. The SMILES string of the molecule is O=C(NCCc1ccc2ncsc2c1)N1CCC(Nc2ccncc2)CC1. The third-order valence-electron chi connectivity index (χ3n) is 4.92. The van der Waals surface area contributed by atoms with E-state index in [0.29, 0.717) is 12.6 Å². The number of amides is 2. The highest BCUT2D eigenvalue weighted by molar-refractivity contribution is 7.16. The Kier molecular flexibility index (Phi) is 5.48. The number of aromatic nitrogens is 2. The van der Waals surface area contributed by atoms with Crippen molar-refractivity contribution < 1.29 is 4.79 Å². The second kappa shape index (κ2) is 8.35. The first-order chi connectivity index (χ1) is 13.3. The van der Waals surface area contributed by atoms with Gasteiger partial charge in [-0.15, -0.1) is 11.3 Å². The number of nitrogens with zero attached hydrogens (tertiary/aromatic N) is 3. The topological polar surface area (TPSA) is 70.2 Å². The number of carbonyl (C=O) groups is 1. The van der Waals surface area contributed by atoms with E-state index in [1.807, 2.05) is 28.6 Å². The van der Waals surface area contributed by atoms with Crippen molar-refractivity contribution in [3.05, 3.63) is 53.8 Å². The van der Waals surface area contributed by atoms with E-state index in [1.165, 1.54) is 10.3 Å². The van der Waals surface area contributed by atoms with Crippen LogP contribution in [0.25, 0.3) is 10.2 Å². The van der Waals surface area contributed by atoms with E-state index in [9.17, 15) is 4.79 Å². The molecule has 3 aromatic rings. The van der Waals surface area contributed by atoms with E-state index >= 15 is 0 Å². The molecule has 2 amide bonds. The van der Waals surface area contributed by atoms with Crippen molar-refractivity contribution >= 4 is 33.3 Å². The van der Waals surface area contributed by atoms with Crippen LogP contribution in [0.1, 0.15) is 18.4 Å². The Morgan fingerprint density at radius 1 is 1.19 bits per heavy atom. The zero-order valence-electron chi connectivity index (χ0n) is 15.1. The summed E-state index contributed by atoms with van der Waals surface area (Å²) in [6, 6.07) is 10.7. The van der Waals surface area contributed by atoms with E-state index in [-0.39, 0.29) is 6.03 Å². The zero-order chi connectivity index (χ0) is 18.5. The van der Waals surface area contributed by atoms with Crippen molar-refractivity contribution in [2.45, 2.75) is 25.3 Å². The number of hydrogen-bond donors (Lipinski definition) is 2. The molecule has 0 bridgehead atoms. The number of rotatable bonds is 5. The van der Waals surface area contributed by atoms with Crippen molar-refractivity contribution in [2.24, 2.45) is 0 Å². The van der Waals surface area contributed by atoms with Gasteiger partial charge >= 0.3 is 6.03 Å². The summed E-state index contributed by atoms with van der Waals surface area (Å²) in [5.41, 5.74) is 5.22. The molecule has 1 aromatic carbocycles. The quantitative estimate of drug-likeness (QED) is 0.709. The Morgan fingerprint density at radius 2 is 2.00 bits per heavy atom. The molecule has 140 valence electrons. The fourth-order valence-electron chi connectivity index (χ4n) is 3.39. The standard InChI is InChI=1S/C20H23N5OS/c26-20(22-10-3-15-1-2-18-19(13-15)27-14-23-18)25-11-6-17(7-12-25)24-16-4-8-21-9-5-16/h1-2,4-5,8-9,13-14,17H,3,6-7,10-12H2,(H,21,24)(H,22,26). The molecule has 0 saturated carbocycles. The van der Waals surface area contributed by atoms with Crippen LogP contribution in [0.4, 0.5) is 10.5 Å². The summed E-state index contributed by atoms with van der Waals surface area (Å²) in [6.45, 7) is 2.21. The molecule has 0 unspecified atom stereocenters. The number of carbonyl (C=O) groups excluding carboxylic acids is 1. The van der Waals surface area contributed by atoms with Gasteiger partial charge in [0.15, 0.2) is 0 Å². The Bertz CT molecular complexity index is 890. The fraction of sp³-hybridized carbons (Fsp3) is 0.350. The van der Waals surface area contributed by atoms with Gasteiger partial charge in [0.1, 0.15) is 0 Å². The lowest BCUT2D eigenvalue weighted by molar-refractivity contribution is 0.184. The molecule has 1 aliphatic heterocycles. The predicted molar refractivity (Wildman–Crippen MR) is 109 cm³/mol. The van der Waals surface area contributed by atoms with E-state index in [4.69, 9.17) is 0 Å². The van der Waals surface area contributed by atoms with Gasteiger partial charge in [-0.3, -0.25) is 4.98 Å². The van der Waals surface area contributed by atoms with Gasteiger partial charge in [0, 0.05) is 43.8 Å². The van der Waals surface area contributed by atoms with E-state index < -0.39 is 0 Å². The first-order valence-electron chi connectivity index (χ1n) is 9.29. The minimum atomic E-state index is 0.0382. The highest BCUT2D eigenvalue weighted by Crippen LogP contribution is 2.19. The lowest BCUT2D eigenvalue weighted by atomic mass is 10.1. The molecule has 2 aromatic heterocycles. The molecule has 0 radical (unpaired) electrons. The fourth-order valence-corrected chi connectivity index (χ4v) is 4.13. The lowest BCUT2D eigenvalue weighted by Gasteiger charge is -2.32. The molecule has 1 aliphatic rings. The maximum atomic E-state index is 12.4.